The minimum atomic E-state index is -0.995. The van der Waals surface area contributed by atoms with E-state index < -0.39 is 11.6 Å². The van der Waals surface area contributed by atoms with Crippen molar-refractivity contribution in [1.29, 1.82) is 0 Å². The fraction of sp³-hybridized carbons (Fsp3) is 0.250. The highest BCUT2D eigenvalue weighted by Gasteiger charge is 2.26. The molecule has 1 saturated heterocycles. The molecule has 0 radical (unpaired) electrons. The van der Waals surface area contributed by atoms with Gasteiger partial charge in [0.2, 0.25) is 5.95 Å². The Kier molecular flexibility index (Phi) is 8.88. The van der Waals surface area contributed by atoms with E-state index in [9.17, 15) is 4.39 Å². The van der Waals surface area contributed by atoms with Gasteiger partial charge in [0.05, 0.1) is 45.0 Å². The lowest BCUT2D eigenvalue weighted by Gasteiger charge is -2.29. The molecule has 1 aliphatic rings. The van der Waals surface area contributed by atoms with Crippen LogP contribution in [0, 0.1) is 11.6 Å². The number of aromatic nitrogens is 7. The van der Waals surface area contributed by atoms with Crippen molar-refractivity contribution in [2.24, 2.45) is 0 Å². The van der Waals surface area contributed by atoms with Crippen LogP contribution in [0.4, 0.5) is 20.5 Å². The van der Waals surface area contributed by atoms with Crippen LogP contribution in [-0.4, -0.2) is 74.6 Å². The summed E-state index contributed by atoms with van der Waals surface area (Å²) in [6, 6.07) is 18.1. The Hall–Kier alpha value is -5.67. The highest BCUT2D eigenvalue weighted by Crippen LogP contribution is 2.32. The van der Waals surface area contributed by atoms with Gasteiger partial charge in [0.15, 0.2) is 34.4 Å². The van der Waals surface area contributed by atoms with Gasteiger partial charge in [-0.3, -0.25) is 4.57 Å². The molecule has 51 heavy (non-hydrogen) atoms. The van der Waals surface area contributed by atoms with Crippen LogP contribution in [0.15, 0.2) is 77.9 Å². The van der Waals surface area contributed by atoms with Gasteiger partial charge in [-0.15, -0.1) is 11.3 Å². The van der Waals surface area contributed by atoms with Crippen molar-refractivity contribution >= 4 is 45.3 Å². The molecule has 1 aliphatic heterocycles. The monoisotopic (exact) mass is 709 g/mol. The number of ether oxygens (including phenoxy) is 3. The number of nitrogens with zero attached hydrogens (tertiary/aromatic N) is 9. The van der Waals surface area contributed by atoms with Crippen LogP contribution < -0.4 is 19.3 Å². The Labute approximate surface area is 295 Å². The molecular formula is C36H33F2N9O3S. The van der Waals surface area contributed by atoms with Gasteiger partial charge in [-0.1, -0.05) is 24.3 Å². The summed E-state index contributed by atoms with van der Waals surface area (Å²) >= 11 is 1.48. The van der Waals surface area contributed by atoms with Crippen LogP contribution in [0.3, 0.4) is 0 Å². The molecule has 0 atom stereocenters. The summed E-state index contributed by atoms with van der Waals surface area (Å²) in [5, 5.41) is 1.93. The van der Waals surface area contributed by atoms with Crippen LogP contribution in [0.1, 0.15) is 17.0 Å². The van der Waals surface area contributed by atoms with Crippen LogP contribution in [-0.2, 0) is 24.4 Å². The number of morpholine rings is 1. The summed E-state index contributed by atoms with van der Waals surface area (Å²) in [5.74, 6) is 1.78. The molecule has 260 valence electrons. The summed E-state index contributed by atoms with van der Waals surface area (Å²) < 4.78 is 50.1. The highest BCUT2D eigenvalue weighted by molar-refractivity contribution is 7.07. The SMILES string of the molecule is COc1ccc(CN(Cc2nc3c(F)c(F)ccc3n2Cc2ccc(OC)cc2)c2nc(N3CCOCC3)nc3c2ncn3-c2cscn2)cc1. The van der Waals surface area contributed by atoms with Gasteiger partial charge >= 0.3 is 0 Å². The molecule has 12 nitrogen and oxygen atoms in total. The predicted molar refractivity (Wildman–Crippen MR) is 190 cm³/mol. The van der Waals surface area contributed by atoms with Crippen LogP contribution >= 0.6 is 11.3 Å². The molecule has 15 heteroatoms. The third-order valence-corrected chi connectivity index (χ3v) is 9.45. The second kappa shape index (κ2) is 13.9. The van der Waals surface area contributed by atoms with E-state index in [0.717, 1.165) is 22.9 Å². The van der Waals surface area contributed by atoms with Gasteiger partial charge in [0.1, 0.15) is 29.2 Å². The highest BCUT2D eigenvalue weighted by atomic mass is 32.1. The van der Waals surface area contributed by atoms with Gasteiger partial charge in [-0.05, 0) is 47.5 Å². The van der Waals surface area contributed by atoms with Gasteiger partial charge in [-0.25, -0.2) is 23.7 Å². The van der Waals surface area contributed by atoms with Crippen molar-refractivity contribution in [1.82, 2.24) is 34.1 Å². The Morgan fingerprint density at radius 3 is 2.24 bits per heavy atom. The maximum absolute atomic E-state index is 15.4. The van der Waals surface area contributed by atoms with E-state index in [1.807, 2.05) is 67.9 Å². The minimum Gasteiger partial charge on any atom is -0.497 e. The smallest absolute Gasteiger partial charge is 0.229 e. The largest absolute Gasteiger partial charge is 0.497 e. The Morgan fingerprint density at radius 1 is 0.824 bits per heavy atom. The summed E-state index contributed by atoms with van der Waals surface area (Å²) in [6.07, 6.45) is 1.70. The minimum absolute atomic E-state index is 0.0439. The summed E-state index contributed by atoms with van der Waals surface area (Å²) in [5.41, 5.74) is 5.23. The molecule has 0 saturated carbocycles. The summed E-state index contributed by atoms with van der Waals surface area (Å²) in [7, 11) is 3.24. The summed E-state index contributed by atoms with van der Waals surface area (Å²) in [4.78, 5) is 28.3. The maximum Gasteiger partial charge on any atom is 0.229 e. The lowest BCUT2D eigenvalue weighted by atomic mass is 10.2. The molecule has 0 amide bonds. The van der Waals surface area contributed by atoms with Gasteiger partial charge in [0.25, 0.3) is 0 Å². The number of thiazole rings is 1. The van der Waals surface area contributed by atoms with E-state index >= 15 is 4.39 Å². The lowest BCUT2D eigenvalue weighted by molar-refractivity contribution is 0.122. The van der Waals surface area contributed by atoms with E-state index in [-0.39, 0.29) is 12.1 Å². The third kappa shape index (κ3) is 6.41. The zero-order chi connectivity index (χ0) is 34.9. The number of hydrogen-bond donors (Lipinski definition) is 0. The van der Waals surface area contributed by atoms with Crippen molar-refractivity contribution in [2.75, 3.05) is 50.3 Å². The zero-order valence-corrected chi connectivity index (χ0v) is 28.7. The molecule has 0 N–H and O–H groups in total. The second-order valence-electron chi connectivity index (χ2n) is 12.0. The molecule has 4 aromatic heterocycles. The molecule has 3 aromatic carbocycles. The Morgan fingerprint density at radius 2 is 1.55 bits per heavy atom. The standard InChI is InChI=1S/C36H33F2N9O3S/c1-48-25-7-3-23(4-8-25)17-45(19-29-41-32-28(12-11-27(37)31(32)38)46(29)18-24-5-9-26(49-2)10-6-24)34-33-35(47(21-39-33)30-20-51-22-40-30)43-36(42-34)44-13-15-50-16-14-44/h3-12,20-22H,13-19H2,1-2H3. The number of fused-ring (bicyclic) bond motifs is 2. The molecule has 7 aromatic rings. The van der Waals surface area contributed by atoms with Crippen LogP contribution in [0.2, 0.25) is 0 Å². The van der Waals surface area contributed by atoms with Gasteiger partial charge in [0, 0.05) is 31.6 Å². The Balaban J connectivity index is 1.30. The molecule has 0 aliphatic carbocycles. The first-order valence-corrected chi connectivity index (χ1v) is 17.2. The maximum atomic E-state index is 15.4. The molecule has 1 fully saturated rings. The van der Waals surface area contributed by atoms with E-state index in [0.29, 0.717) is 85.2 Å². The number of imidazole rings is 2. The molecule has 0 spiro atoms. The van der Waals surface area contributed by atoms with E-state index in [4.69, 9.17) is 34.1 Å². The topological polar surface area (TPSA) is 108 Å². The average Bonchev–Trinajstić information content (AvgIpc) is 3.93. The van der Waals surface area contributed by atoms with Crippen molar-refractivity contribution in [2.45, 2.75) is 19.6 Å². The normalized spacial score (nSPS) is 13.3. The molecule has 8 rings (SSSR count). The number of hydrogen-bond acceptors (Lipinski definition) is 11. The number of halogens is 2. The average molecular weight is 710 g/mol. The first-order chi connectivity index (χ1) is 25.0. The Bertz CT molecular complexity index is 2290. The van der Waals surface area contributed by atoms with Crippen LogP contribution in [0.25, 0.3) is 28.0 Å². The van der Waals surface area contributed by atoms with Crippen molar-refractivity contribution < 1.29 is 23.0 Å². The zero-order valence-electron chi connectivity index (χ0n) is 27.9. The fourth-order valence-corrected chi connectivity index (χ4v) is 6.74. The third-order valence-electron chi connectivity index (χ3n) is 8.88. The summed E-state index contributed by atoms with van der Waals surface area (Å²) in [6.45, 7) is 3.26. The van der Waals surface area contributed by atoms with Crippen LogP contribution in [0.5, 0.6) is 11.5 Å². The van der Waals surface area contributed by atoms with E-state index in [1.54, 1.807) is 32.1 Å². The predicted octanol–water partition coefficient (Wildman–Crippen LogP) is 6.01. The number of anilines is 2. The molecule has 5 heterocycles. The second-order valence-corrected chi connectivity index (χ2v) is 12.7. The van der Waals surface area contributed by atoms with Crippen molar-refractivity contribution in [3.05, 3.63) is 106 Å². The van der Waals surface area contributed by atoms with Gasteiger partial charge in [-0.2, -0.15) is 9.97 Å². The van der Waals surface area contributed by atoms with E-state index in [2.05, 4.69) is 9.88 Å². The quantitative estimate of drug-likeness (QED) is 0.159. The number of benzene rings is 3. The first-order valence-electron chi connectivity index (χ1n) is 16.3. The number of methoxy groups -OCH3 is 2. The van der Waals surface area contributed by atoms with Gasteiger partial charge < -0.3 is 28.6 Å². The number of rotatable bonds is 11. The molecule has 0 unspecified atom stereocenters. The van der Waals surface area contributed by atoms with Crippen molar-refractivity contribution in [3.63, 3.8) is 0 Å². The molecular weight excluding hydrogens is 677 g/mol. The molecule has 0 bridgehead atoms. The van der Waals surface area contributed by atoms with Crippen molar-refractivity contribution in [3.8, 4) is 17.3 Å². The lowest BCUT2D eigenvalue weighted by Crippen LogP contribution is -2.38. The fourth-order valence-electron chi connectivity index (χ4n) is 6.21. The van der Waals surface area contributed by atoms with E-state index in [1.165, 1.54) is 11.3 Å². The first kappa shape index (κ1) is 32.5.